The van der Waals surface area contributed by atoms with Crippen LogP contribution in [-0.4, -0.2) is 29.8 Å². The lowest BCUT2D eigenvalue weighted by molar-refractivity contribution is -0.123. The number of hydrogen-bond donors (Lipinski definition) is 2. The molecule has 1 aromatic carbocycles. The van der Waals surface area contributed by atoms with Gasteiger partial charge in [-0.05, 0) is 43.9 Å². The van der Waals surface area contributed by atoms with Crippen LogP contribution in [-0.2, 0) is 4.79 Å². The van der Waals surface area contributed by atoms with Crippen molar-refractivity contribution in [2.75, 3.05) is 6.61 Å². The summed E-state index contributed by atoms with van der Waals surface area (Å²) in [5.74, 6) is 0.784. The molecule has 2 rings (SSSR count). The van der Waals surface area contributed by atoms with Crippen LogP contribution in [0, 0.1) is 13.8 Å². The minimum Gasteiger partial charge on any atom is -0.493 e. The first-order valence-electron chi connectivity index (χ1n) is 7.74. The number of hydrogen-bond acceptors (Lipinski definition) is 3. The third kappa shape index (κ3) is 4.74. The van der Waals surface area contributed by atoms with E-state index < -0.39 is 6.10 Å². The molecule has 21 heavy (non-hydrogen) atoms. The summed E-state index contributed by atoms with van der Waals surface area (Å²) in [4.78, 5) is 11.9. The van der Waals surface area contributed by atoms with Gasteiger partial charge >= 0.3 is 0 Å². The fourth-order valence-electron chi connectivity index (χ4n) is 2.68. The van der Waals surface area contributed by atoms with Crippen molar-refractivity contribution in [3.8, 4) is 5.75 Å². The molecule has 1 fully saturated rings. The SMILES string of the molecule is Cc1ccc(C)c(OCCC(=O)N[C@H]2CCCC[C@@H]2O)c1. The van der Waals surface area contributed by atoms with E-state index >= 15 is 0 Å². The van der Waals surface area contributed by atoms with E-state index in [1.165, 1.54) is 0 Å². The number of aryl methyl sites for hydroxylation is 2. The lowest BCUT2D eigenvalue weighted by atomic mass is 9.92. The van der Waals surface area contributed by atoms with E-state index in [4.69, 9.17) is 4.74 Å². The largest absolute Gasteiger partial charge is 0.493 e. The van der Waals surface area contributed by atoms with Crippen molar-refractivity contribution in [1.82, 2.24) is 5.32 Å². The Morgan fingerprint density at radius 1 is 1.33 bits per heavy atom. The lowest BCUT2D eigenvalue weighted by Crippen LogP contribution is -2.45. The highest BCUT2D eigenvalue weighted by Crippen LogP contribution is 2.20. The second kappa shape index (κ2) is 7.46. The van der Waals surface area contributed by atoms with Gasteiger partial charge in [-0.3, -0.25) is 4.79 Å². The molecule has 0 bridgehead atoms. The molecular formula is C17H25NO3. The summed E-state index contributed by atoms with van der Waals surface area (Å²) in [6, 6.07) is 5.95. The summed E-state index contributed by atoms with van der Waals surface area (Å²) in [6.45, 7) is 4.37. The van der Waals surface area contributed by atoms with Crippen molar-refractivity contribution < 1.29 is 14.6 Å². The van der Waals surface area contributed by atoms with Gasteiger partial charge in [0.05, 0.1) is 25.2 Å². The molecule has 0 heterocycles. The fourth-order valence-corrected chi connectivity index (χ4v) is 2.68. The van der Waals surface area contributed by atoms with Crippen molar-refractivity contribution in [3.05, 3.63) is 29.3 Å². The fraction of sp³-hybridized carbons (Fsp3) is 0.588. The highest BCUT2D eigenvalue weighted by molar-refractivity contribution is 5.76. The molecule has 1 aliphatic rings. The molecule has 0 aromatic heterocycles. The molecule has 0 saturated heterocycles. The van der Waals surface area contributed by atoms with Crippen LogP contribution in [0.15, 0.2) is 18.2 Å². The molecule has 2 N–H and O–H groups in total. The zero-order chi connectivity index (χ0) is 15.2. The zero-order valence-corrected chi connectivity index (χ0v) is 12.9. The third-order valence-electron chi connectivity index (χ3n) is 4.01. The summed E-state index contributed by atoms with van der Waals surface area (Å²) in [6.07, 6.45) is 3.68. The number of carbonyl (C=O) groups is 1. The third-order valence-corrected chi connectivity index (χ3v) is 4.01. The first kappa shape index (κ1) is 15.8. The van der Waals surface area contributed by atoms with Gasteiger partial charge in [-0.2, -0.15) is 0 Å². The van der Waals surface area contributed by atoms with Crippen LogP contribution >= 0.6 is 0 Å². The van der Waals surface area contributed by atoms with Crippen LogP contribution in [0.5, 0.6) is 5.75 Å². The number of aliphatic hydroxyl groups excluding tert-OH is 1. The lowest BCUT2D eigenvalue weighted by Gasteiger charge is -2.28. The number of rotatable bonds is 5. The minimum absolute atomic E-state index is 0.0498. The van der Waals surface area contributed by atoms with E-state index in [-0.39, 0.29) is 11.9 Å². The van der Waals surface area contributed by atoms with E-state index in [1.807, 2.05) is 32.0 Å². The second-order valence-electron chi connectivity index (χ2n) is 5.89. The van der Waals surface area contributed by atoms with Gasteiger partial charge in [0.25, 0.3) is 0 Å². The molecule has 0 radical (unpaired) electrons. The van der Waals surface area contributed by atoms with Gasteiger partial charge in [0.15, 0.2) is 0 Å². The Labute approximate surface area is 126 Å². The van der Waals surface area contributed by atoms with Crippen LogP contribution in [0.4, 0.5) is 0 Å². The quantitative estimate of drug-likeness (QED) is 0.876. The zero-order valence-electron chi connectivity index (χ0n) is 12.9. The van der Waals surface area contributed by atoms with Gasteiger partial charge in [-0.25, -0.2) is 0 Å². The minimum atomic E-state index is -0.400. The van der Waals surface area contributed by atoms with Gasteiger partial charge in [0.1, 0.15) is 5.75 Å². The number of benzene rings is 1. The maximum absolute atomic E-state index is 11.9. The van der Waals surface area contributed by atoms with Crippen LogP contribution in [0.3, 0.4) is 0 Å². The molecule has 0 aliphatic heterocycles. The van der Waals surface area contributed by atoms with Crippen molar-refractivity contribution in [2.45, 2.75) is 58.1 Å². The summed E-state index contributed by atoms with van der Waals surface area (Å²) >= 11 is 0. The first-order chi connectivity index (χ1) is 10.1. The van der Waals surface area contributed by atoms with Gasteiger partial charge in [-0.1, -0.05) is 25.0 Å². The molecule has 0 spiro atoms. The average Bonchev–Trinajstić information content (AvgIpc) is 2.45. The number of nitrogens with one attached hydrogen (secondary N) is 1. The molecule has 0 unspecified atom stereocenters. The van der Waals surface area contributed by atoms with E-state index in [9.17, 15) is 9.90 Å². The second-order valence-corrected chi connectivity index (χ2v) is 5.89. The topological polar surface area (TPSA) is 58.6 Å². The monoisotopic (exact) mass is 291 g/mol. The number of aliphatic hydroxyl groups is 1. The average molecular weight is 291 g/mol. The molecule has 4 heteroatoms. The van der Waals surface area contributed by atoms with Gasteiger partial charge in [0.2, 0.25) is 5.91 Å². The van der Waals surface area contributed by atoms with Crippen LogP contribution < -0.4 is 10.1 Å². The Morgan fingerprint density at radius 3 is 2.86 bits per heavy atom. The van der Waals surface area contributed by atoms with Gasteiger partial charge in [-0.15, -0.1) is 0 Å². The Hall–Kier alpha value is -1.55. The van der Waals surface area contributed by atoms with Crippen LogP contribution in [0.25, 0.3) is 0 Å². The standard InChI is InChI=1S/C17H25NO3/c1-12-7-8-13(2)16(11-12)21-10-9-17(20)18-14-5-3-4-6-15(14)19/h7-8,11,14-15,19H,3-6,9-10H2,1-2H3,(H,18,20)/t14-,15-/m0/s1. The van der Waals surface area contributed by atoms with E-state index in [2.05, 4.69) is 5.32 Å². The normalized spacial score (nSPS) is 21.9. The highest BCUT2D eigenvalue weighted by atomic mass is 16.5. The molecule has 1 aliphatic carbocycles. The molecule has 1 amide bonds. The van der Waals surface area contributed by atoms with E-state index in [1.54, 1.807) is 0 Å². The maximum atomic E-state index is 11.9. The van der Waals surface area contributed by atoms with Gasteiger partial charge < -0.3 is 15.2 Å². The molecule has 4 nitrogen and oxygen atoms in total. The molecular weight excluding hydrogens is 266 g/mol. The molecule has 2 atom stereocenters. The summed E-state index contributed by atoms with van der Waals surface area (Å²) in [5.41, 5.74) is 2.22. The molecule has 116 valence electrons. The smallest absolute Gasteiger partial charge is 0.223 e. The van der Waals surface area contributed by atoms with Crippen LogP contribution in [0.2, 0.25) is 0 Å². The van der Waals surface area contributed by atoms with Crippen LogP contribution in [0.1, 0.15) is 43.2 Å². The van der Waals surface area contributed by atoms with E-state index in [0.29, 0.717) is 13.0 Å². The predicted octanol–water partition coefficient (Wildman–Crippen LogP) is 2.49. The summed E-state index contributed by atoms with van der Waals surface area (Å²) in [5, 5.41) is 12.8. The molecule has 1 aromatic rings. The summed E-state index contributed by atoms with van der Waals surface area (Å²) in [7, 11) is 0. The maximum Gasteiger partial charge on any atom is 0.223 e. The van der Waals surface area contributed by atoms with Crippen molar-refractivity contribution in [3.63, 3.8) is 0 Å². The predicted molar refractivity (Wildman–Crippen MR) is 82.4 cm³/mol. The Bertz CT molecular complexity index is 487. The van der Waals surface area contributed by atoms with Crippen molar-refractivity contribution in [1.29, 1.82) is 0 Å². The first-order valence-corrected chi connectivity index (χ1v) is 7.74. The highest BCUT2D eigenvalue weighted by Gasteiger charge is 2.24. The Balaban J connectivity index is 1.75. The number of amides is 1. The van der Waals surface area contributed by atoms with E-state index in [0.717, 1.165) is 42.6 Å². The number of ether oxygens (including phenoxy) is 1. The van der Waals surface area contributed by atoms with Crippen molar-refractivity contribution >= 4 is 5.91 Å². The summed E-state index contributed by atoms with van der Waals surface area (Å²) < 4.78 is 5.68. The Morgan fingerprint density at radius 2 is 2.10 bits per heavy atom. The van der Waals surface area contributed by atoms with Crippen molar-refractivity contribution in [2.24, 2.45) is 0 Å². The molecule has 1 saturated carbocycles. The van der Waals surface area contributed by atoms with Gasteiger partial charge in [0, 0.05) is 0 Å². The Kier molecular flexibility index (Phi) is 5.62. The number of carbonyl (C=O) groups excluding carboxylic acids is 1.